The molecule has 8 nitrogen and oxygen atoms in total. The van der Waals surface area contributed by atoms with Crippen molar-refractivity contribution >= 4 is 23.4 Å². The Hall–Kier alpha value is -2.94. The molecule has 0 spiro atoms. The highest BCUT2D eigenvalue weighted by Gasteiger charge is 2.19. The van der Waals surface area contributed by atoms with Gasteiger partial charge in [-0.05, 0) is 24.6 Å². The molecule has 27 heavy (non-hydrogen) atoms. The van der Waals surface area contributed by atoms with E-state index >= 15 is 0 Å². The van der Waals surface area contributed by atoms with Crippen molar-refractivity contribution in [2.75, 3.05) is 36.8 Å². The summed E-state index contributed by atoms with van der Waals surface area (Å²) in [7, 11) is 0. The highest BCUT2D eigenvalue weighted by atomic mass is 19.1. The second-order valence-electron chi connectivity index (χ2n) is 6.50. The highest BCUT2D eigenvalue weighted by Crippen LogP contribution is 2.19. The molecule has 2 heterocycles. The lowest BCUT2D eigenvalue weighted by atomic mass is 10.1. The van der Waals surface area contributed by atoms with E-state index in [4.69, 9.17) is 4.52 Å². The normalized spacial score (nSPS) is 14.9. The van der Waals surface area contributed by atoms with Crippen molar-refractivity contribution in [3.05, 3.63) is 41.4 Å². The molecule has 1 aromatic carbocycles. The first-order chi connectivity index (χ1) is 12.9. The summed E-state index contributed by atoms with van der Waals surface area (Å²) in [6.07, 6.45) is 0. The highest BCUT2D eigenvalue weighted by molar-refractivity contribution is 5.99. The third-order valence-corrected chi connectivity index (χ3v) is 4.37. The predicted molar refractivity (Wildman–Crippen MR) is 97.8 cm³/mol. The van der Waals surface area contributed by atoms with E-state index in [-0.39, 0.29) is 17.4 Å². The van der Waals surface area contributed by atoms with Gasteiger partial charge in [0.2, 0.25) is 5.91 Å². The van der Waals surface area contributed by atoms with E-state index in [0.29, 0.717) is 25.4 Å². The van der Waals surface area contributed by atoms with Gasteiger partial charge in [0.15, 0.2) is 5.82 Å². The van der Waals surface area contributed by atoms with Crippen LogP contribution in [0.3, 0.4) is 0 Å². The average Bonchev–Trinajstić information content (AvgIpc) is 3.03. The number of carbonyl (C=O) groups is 2. The Morgan fingerprint density at radius 3 is 2.56 bits per heavy atom. The summed E-state index contributed by atoms with van der Waals surface area (Å²) in [6, 6.07) is 5.59. The fraction of sp³-hybridized carbons (Fsp3) is 0.389. The van der Waals surface area contributed by atoms with Crippen molar-refractivity contribution in [1.29, 1.82) is 0 Å². The molecule has 1 aromatic heterocycles. The summed E-state index contributed by atoms with van der Waals surface area (Å²) in [5.41, 5.74) is 0.966. The molecule has 1 aliphatic rings. The van der Waals surface area contributed by atoms with Crippen molar-refractivity contribution in [3.63, 3.8) is 0 Å². The standard InChI is InChI=1S/C18H22FN5O3/c1-12-9-17(22-27-12)21-18(26)20-16-10-14(3-4-15(16)19)11-23-5-7-24(8-6-23)13(2)25/h3-4,9-10H,5-8,11H2,1-2H3,(H2,20,21,22,26). The lowest BCUT2D eigenvalue weighted by molar-refractivity contribution is -0.130. The monoisotopic (exact) mass is 375 g/mol. The molecule has 0 bridgehead atoms. The number of anilines is 2. The van der Waals surface area contributed by atoms with Gasteiger partial charge in [-0.2, -0.15) is 0 Å². The Bertz CT molecular complexity index is 830. The molecular weight excluding hydrogens is 353 g/mol. The second kappa shape index (κ2) is 8.17. The molecule has 0 radical (unpaired) electrons. The number of benzene rings is 1. The molecule has 0 aliphatic carbocycles. The lowest BCUT2D eigenvalue weighted by Crippen LogP contribution is -2.47. The smallest absolute Gasteiger partial charge is 0.325 e. The fourth-order valence-corrected chi connectivity index (χ4v) is 2.94. The summed E-state index contributed by atoms with van der Waals surface area (Å²) in [4.78, 5) is 27.4. The van der Waals surface area contributed by atoms with E-state index in [2.05, 4.69) is 20.7 Å². The van der Waals surface area contributed by atoms with Gasteiger partial charge in [-0.25, -0.2) is 9.18 Å². The number of hydrogen-bond acceptors (Lipinski definition) is 5. The zero-order valence-electron chi connectivity index (χ0n) is 15.3. The zero-order valence-corrected chi connectivity index (χ0v) is 15.3. The molecule has 1 fully saturated rings. The van der Waals surface area contributed by atoms with Gasteiger partial charge in [-0.3, -0.25) is 15.0 Å². The van der Waals surface area contributed by atoms with Crippen LogP contribution in [0.1, 0.15) is 18.2 Å². The summed E-state index contributed by atoms with van der Waals surface area (Å²) >= 11 is 0. The Kier molecular flexibility index (Phi) is 5.70. The number of piperazine rings is 1. The van der Waals surface area contributed by atoms with Crippen LogP contribution in [0.2, 0.25) is 0 Å². The Morgan fingerprint density at radius 1 is 1.19 bits per heavy atom. The van der Waals surface area contributed by atoms with Crippen molar-refractivity contribution in [2.24, 2.45) is 0 Å². The molecule has 2 aromatic rings. The van der Waals surface area contributed by atoms with Crippen molar-refractivity contribution < 1.29 is 18.5 Å². The number of rotatable bonds is 4. The van der Waals surface area contributed by atoms with Crippen LogP contribution in [0.4, 0.5) is 20.7 Å². The van der Waals surface area contributed by atoms with Crippen LogP contribution in [0, 0.1) is 12.7 Å². The number of urea groups is 1. The molecule has 0 unspecified atom stereocenters. The first-order valence-corrected chi connectivity index (χ1v) is 8.68. The number of amides is 3. The Morgan fingerprint density at radius 2 is 1.93 bits per heavy atom. The minimum Gasteiger partial charge on any atom is -0.360 e. The molecule has 2 N–H and O–H groups in total. The van der Waals surface area contributed by atoms with Gasteiger partial charge >= 0.3 is 6.03 Å². The maximum Gasteiger partial charge on any atom is 0.325 e. The Balaban J connectivity index is 1.59. The number of aromatic nitrogens is 1. The van der Waals surface area contributed by atoms with E-state index in [9.17, 15) is 14.0 Å². The van der Waals surface area contributed by atoms with E-state index in [1.807, 2.05) is 4.90 Å². The lowest BCUT2D eigenvalue weighted by Gasteiger charge is -2.34. The van der Waals surface area contributed by atoms with Gasteiger partial charge < -0.3 is 14.7 Å². The van der Waals surface area contributed by atoms with Gasteiger partial charge in [-0.1, -0.05) is 11.2 Å². The maximum atomic E-state index is 14.1. The van der Waals surface area contributed by atoms with Gasteiger partial charge in [0.05, 0.1) is 5.69 Å². The van der Waals surface area contributed by atoms with E-state index in [1.165, 1.54) is 6.07 Å². The van der Waals surface area contributed by atoms with E-state index in [0.717, 1.165) is 18.7 Å². The molecule has 1 saturated heterocycles. The van der Waals surface area contributed by atoms with Gasteiger partial charge in [-0.15, -0.1) is 0 Å². The van der Waals surface area contributed by atoms with Crippen LogP contribution in [0.15, 0.2) is 28.8 Å². The predicted octanol–water partition coefficient (Wildman–Crippen LogP) is 2.43. The summed E-state index contributed by atoms with van der Waals surface area (Å²) in [6.45, 7) is 6.76. The SMILES string of the molecule is CC(=O)N1CCN(Cc2ccc(F)c(NC(=O)Nc3cc(C)on3)c2)CC1. The van der Waals surface area contributed by atoms with Crippen LogP contribution < -0.4 is 10.6 Å². The van der Waals surface area contributed by atoms with Crippen molar-refractivity contribution in [3.8, 4) is 0 Å². The molecule has 144 valence electrons. The van der Waals surface area contributed by atoms with E-state index < -0.39 is 11.8 Å². The third-order valence-electron chi connectivity index (χ3n) is 4.37. The maximum absolute atomic E-state index is 14.1. The second-order valence-corrected chi connectivity index (χ2v) is 6.50. The van der Waals surface area contributed by atoms with Crippen molar-refractivity contribution in [1.82, 2.24) is 15.0 Å². The average molecular weight is 375 g/mol. The molecule has 9 heteroatoms. The Labute approximate surface area is 156 Å². The van der Waals surface area contributed by atoms with Crippen LogP contribution in [0.25, 0.3) is 0 Å². The molecular formula is C18H22FN5O3. The first kappa shape index (κ1) is 18.8. The number of nitrogens with one attached hydrogen (secondary N) is 2. The van der Waals surface area contributed by atoms with Gasteiger partial charge in [0, 0.05) is 45.7 Å². The van der Waals surface area contributed by atoms with Crippen LogP contribution >= 0.6 is 0 Å². The molecule has 0 atom stereocenters. The number of hydrogen-bond donors (Lipinski definition) is 2. The van der Waals surface area contributed by atoms with Crippen LogP contribution in [0.5, 0.6) is 0 Å². The number of aryl methyl sites for hydroxylation is 1. The summed E-state index contributed by atoms with van der Waals surface area (Å²) in [5.74, 6) is 0.371. The van der Waals surface area contributed by atoms with Crippen LogP contribution in [-0.2, 0) is 11.3 Å². The summed E-state index contributed by atoms with van der Waals surface area (Å²) < 4.78 is 18.9. The third kappa shape index (κ3) is 5.04. The minimum absolute atomic E-state index is 0.0798. The zero-order chi connectivity index (χ0) is 19.4. The molecule has 0 saturated carbocycles. The van der Waals surface area contributed by atoms with E-state index in [1.54, 1.807) is 32.0 Å². The number of nitrogens with zero attached hydrogens (tertiary/aromatic N) is 3. The van der Waals surface area contributed by atoms with Gasteiger partial charge in [0.1, 0.15) is 11.6 Å². The quantitative estimate of drug-likeness (QED) is 0.857. The van der Waals surface area contributed by atoms with Crippen molar-refractivity contribution in [2.45, 2.75) is 20.4 Å². The topological polar surface area (TPSA) is 90.7 Å². The number of carbonyl (C=O) groups excluding carboxylic acids is 2. The van der Waals surface area contributed by atoms with Gasteiger partial charge in [0.25, 0.3) is 0 Å². The molecule has 3 rings (SSSR count). The molecule has 1 aliphatic heterocycles. The largest absolute Gasteiger partial charge is 0.360 e. The number of halogens is 1. The first-order valence-electron chi connectivity index (χ1n) is 8.68. The summed E-state index contributed by atoms with van der Waals surface area (Å²) in [5, 5.41) is 8.63. The fourth-order valence-electron chi connectivity index (χ4n) is 2.94. The minimum atomic E-state index is -0.602. The van der Waals surface area contributed by atoms with Crippen LogP contribution in [-0.4, -0.2) is 53.1 Å². The molecule has 3 amide bonds.